The molecule has 0 spiro atoms. The monoisotopic (exact) mass is 323 g/mol. The maximum Gasteiger partial charge on any atom is 0.335 e. The second-order valence-corrected chi connectivity index (χ2v) is 4.90. The Labute approximate surface area is 130 Å². The molecule has 1 aromatic heterocycles. The summed E-state index contributed by atoms with van der Waals surface area (Å²) in [6.07, 6.45) is 0. The number of H-pyrrole nitrogens is 1. The number of aromatic amines is 1. The first kappa shape index (κ1) is 16.0. The van der Waals surface area contributed by atoms with Gasteiger partial charge in [0.25, 0.3) is 5.56 Å². The van der Waals surface area contributed by atoms with Crippen LogP contribution in [-0.4, -0.2) is 38.6 Å². The molecule has 0 radical (unpaired) electrons. The zero-order chi connectivity index (χ0) is 16.3. The second-order valence-electron chi connectivity index (χ2n) is 4.46. The number of benzene rings is 1. The summed E-state index contributed by atoms with van der Waals surface area (Å²) >= 11 is 5.79. The molecule has 7 nitrogen and oxygen atoms in total. The molecular weight excluding hydrogens is 310 g/mol. The quantitative estimate of drug-likeness (QED) is 0.719. The maximum atomic E-state index is 12.0. The summed E-state index contributed by atoms with van der Waals surface area (Å²) < 4.78 is 0.949. The van der Waals surface area contributed by atoms with Gasteiger partial charge in [-0.05, 0) is 31.2 Å². The number of rotatable bonds is 4. The highest BCUT2D eigenvalue weighted by molar-refractivity contribution is 6.30. The summed E-state index contributed by atoms with van der Waals surface area (Å²) in [5.41, 5.74) is -1.08. The maximum absolute atomic E-state index is 12.0. The average Bonchev–Trinajstić information content (AvgIpc) is 2.46. The number of aliphatic hydroxyl groups is 1. The number of hydrogen-bond donors (Lipinski definition) is 3. The van der Waals surface area contributed by atoms with E-state index < -0.39 is 17.1 Å². The minimum atomic E-state index is -0.775. The average molecular weight is 324 g/mol. The molecule has 0 saturated carbocycles. The Morgan fingerprint density at radius 1 is 1.32 bits per heavy atom. The Balaban J connectivity index is 2.69. The van der Waals surface area contributed by atoms with Crippen LogP contribution in [0.3, 0.4) is 0 Å². The fourth-order valence-electron chi connectivity index (χ4n) is 1.98. The molecule has 0 aliphatic carbocycles. The zero-order valence-corrected chi connectivity index (χ0v) is 12.5. The molecule has 0 unspecified atom stereocenters. The molecule has 0 atom stereocenters. The van der Waals surface area contributed by atoms with Crippen molar-refractivity contribution in [2.75, 3.05) is 13.2 Å². The highest BCUT2D eigenvalue weighted by Gasteiger charge is 2.17. The van der Waals surface area contributed by atoms with E-state index in [1.54, 1.807) is 12.1 Å². The van der Waals surface area contributed by atoms with E-state index in [2.05, 4.69) is 9.98 Å². The lowest BCUT2D eigenvalue weighted by Gasteiger charge is -2.11. The fraction of sp³-hybridized carbons (Fsp3) is 0.214. The number of aromatic hydroxyl groups is 1. The van der Waals surface area contributed by atoms with Crippen molar-refractivity contribution in [2.45, 2.75) is 6.92 Å². The van der Waals surface area contributed by atoms with Crippen molar-refractivity contribution in [1.82, 2.24) is 9.55 Å². The lowest BCUT2D eigenvalue weighted by molar-refractivity contribution is 0.307. The van der Waals surface area contributed by atoms with Crippen LogP contribution in [0.5, 0.6) is 5.88 Å². The summed E-state index contributed by atoms with van der Waals surface area (Å²) in [4.78, 5) is 30.0. The molecule has 3 N–H and O–H groups in total. The number of nitrogens with one attached hydrogen (secondary N) is 1. The zero-order valence-electron chi connectivity index (χ0n) is 11.7. The summed E-state index contributed by atoms with van der Waals surface area (Å²) in [6.45, 7) is 1.41. The molecule has 22 heavy (non-hydrogen) atoms. The van der Waals surface area contributed by atoms with Crippen molar-refractivity contribution in [3.63, 3.8) is 0 Å². The minimum Gasteiger partial charge on any atom is -0.493 e. The predicted molar refractivity (Wildman–Crippen MR) is 83.5 cm³/mol. The van der Waals surface area contributed by atoms with Gasteiger partial charge >= 0.3 is 5.69 Å². The smallest absolute Gasteiger partial charge is 0.335 e. The summed E-state index contributed by atoms with van der Waals surface area (Å²) in [5, 5.41) is 19.6. The van der Waals surface area contributed by atoms with E-state index in [0.29, 0.717) is 10.7 Å². The van der Waals surface area contributed by atoms with Crippen molar-refractivity contribution in [1.29, 1.82) is 0 Å². The van der Waals surface area contributed by atoms with Gasteiger partial charge in [0.15, 0.2) is 0 Å². The normalized spacial score (nSPS) is 11.7. The van der Waals surface area contributed by atoms with Crippen molar-refractivity contribution in [3.8, 4) is 11.6 Å². The van der Waals surface area contributed by atoms with Crippen LogP contribution in [0.25, 0.3) is 5.69 Å². The van der Waals surface area contributed by atoms with Gasteiger partial charge in [0.05, 0.1) is 18.8 Å². The minimum absolute atomic E-state index is 0.0881. The van der Waals surface area contributed by atoms with Gasteiger partial charge in [0, 0.05) is 10.7 Å². The van der Waals surface area contributed by atoms with E-state index >= 15 is 0 Å². The molecule has 0 aliphatic rings. The van der Waals surface area contributed by atoms with Gasteiger partial charge in [-0.3, -0.25) is 14.8 Å². The van der Waals surface area contributed by atoms with E-state index in [-0.39, 0.29) is 24.4 Å². The third-order valence-corrected chi connectivity index (χ3v) is 3.23. The van der Waals surface area contributed by atoms with Crippen molar-refractivity contribution in [3.05, 3.63) is 55.7 Å². The number of halogens is 1. The van der Waals surface area contributed by atoms with Gasteiger partial charge in [-0.1, -0.05) is 11.6 Å². The van der Waals surface area contributed by atoms with Crippen LogP contribution in [0.2, 0.25) is 5.02 Å². The van der Waals surface area contributed by atoms with E-state index in [4.69, 9.17) is 16.7 Å². The highest BCUT2D eigenvalue weighted by Crippen LogP contribution is 2.18. The van der Waals surface area contributed by atoms with Gasteiger partial charge in [-0.15, -0.1) is 0 Å². The van der Waals surface area contributed by atoms with Gasteiger partial charge in [-0.2, -0.15) is 0 Å². The van der Waals surface area contributed by atoms with Crippen LogP contribution in [0.4, 0.5) is 0 Å². The van der Waals surface area contributed by atoms with Crippen LogP contribution >= 0.6 is 11.6 Å². The van der Waals surface area contributed by atoms with E-state index in [1.165, 1.54) is 19.1 Å². The molecule has 1 heterocycles. The topological polar surface area (TPSA) is 108 Å². The van der Waals surface area contributed by atoms with Crippen LogP contribution in [-0.2, 0) is 0 Å². The molecule has 0 fully saturated rings. The lowest BCUT2D eigenvalue weighted by Crippen LogP contribution is -2.32. The summed E-state index contributed by atoms with van der Waals surface area (Å²) in [6, 6.07) is 6.18. The van der Waals surface area contributed by atoms with E-state index in [1.807, 2.05) is 0 Å². The highest BCUT2D eigenvalue weighted by atomic mass is 35.5. The molecule has 0 saturated heterocycles. The predicted octanol–water partition coefficient (Wildman–Crippen LogP) is 0.686. The third kappa shape index (κ3) is 3.10. The molecule has 0 amide bonds. The van der Waals surface area contributed by atoms with Crippen LogP contribution < -0.4 is 11.2 Å². The Bertz CT molecular complexity index is 821. The lowest BCUT2D eigenvalue weighted by atomic mass is 10.2. The number of aliphatic hydroxyl groups excluding tert-OH is 1. The Hall–Kier alpha value is -2.38. The number of aromatic nitrogens is 2. The molecule has 2 rings (SSSR count). The Morgan fingerprint density at radius 3 is 2.55 bits per heavy atom. The van der Waals surface area contributed by atoms with E-state index in [0.717, 1.165) is 4.57 Å². The molecule has 116 valence electrons. The van der Waals surface area contributed by atoms with Crippen LogP contribution in [0.1, 0.15) is 12.5 Å². The summed E-state index contributed by atoms with van der Waals surface area (Å²) in [7, 11) is 0. The van der Waals surface area contributed by atoms with Crippen molar-refractivity contribution < 1.29 is 10.2 Å². The molecular formula is C14H14ClN3O4. The van der Waals surface area contributed by atoms with Crippen molar-refractivity contribution >= 4 is 17.3 Å². The van der Waals surface area contributed by atoms with E-state index in [9.17, 15) is 14.7 Å². The van der Waals surface area contributed by atoms with Gasteiger partial charge < -0.3 is 10.2 Å². The number of aliphatic imine (C=N–C) groups is 1. The largest absolute Gasteiger partial charge is 0.493 e. The molecule has 0 aliphatic heterocycles. The van der Waals surface area contributed by atoms with Gasteiger partial charge in [-0.25, -0.2) is 9.36 Å². The van der Waals surface area contributed by atoms with Crippen LogP contribution in [0, 0.1) is 0 Å². The first-order valence-electron chi connectivity index (χ1n) is 6.42. The molecule has 8 heteroatoms. The Kier molecular flexibility index (Phi) is 4.79. The molecule has 0 bridgehead atoms. The SMILES string of the molecule is CC(=NCCO)c1c(O)n(-c2ccc(Cl)cc2)c(=O)[nH]c1=O. The first-order valence-corrected chi connectivity index (χ1v) is 6.80. The standard InChI is InChI=1S/C14H14ClN3O4/c1-8(16-6-7-19)11-12(20)17-14(22)18(13(11)21)10-4-2-9(15)3-5-10/h2-5,19,21H,6-7H2,1H3,(H,17,20,22). The summed E-state index contributed by atoms with van der Waals surface area (Å²) in [5.74, 6) is -0.518. The number of nitrogens with zero attached hydrogens (tertiary/aromatic N) is 2. The molecule has 2 aromatic rings. The Morgan fingerprint density at radius 2 is 1.95 bits per heavy atom. The van der Waals surface area contributed by atoms with Gasteiger partial charge in [0.1, 0.15) is 5.56 Å². The van der Waals surface area contributed by atoms with Gasteiger partial charge in [0.2, 0.25) is 5.88 Å². The first-order chi connectivity index (χ1) is 10.5. The number of hydrogen-bond acceptors (Lipinski definition) is 5. The van der Waals surface area contributed by atoms with Crippen LogP contribution in [0.15, 0.2) is 38.8 Å². The fourth-order valence-corrected chi connectivity index (χ4v) is 2.10. The van der Waals surface area contributed by atoms with Crippen molar-refractivity contribution in [2.24, 2.45) is 4.99 Å². The molecule has 1 aromatic carbocycles. The third-order valence-electron chi connectivity index (χ3n) is 2.98. The second kappa shape index (κ2) is 6.59.